The van der Waals surface area contributed by atoms with Gasteiger partial charge in [0, 0.05) is 10.6 Å². The molecule has 4 heteroatoms. The first kappa shape index (κ1) is 14.6. The first-order chi connectivity index (χ1) is 9.70. The van der Waals surface area contributed by atoms with E-state index in [1.165, 1.54) is 24.9 Å². The number of hydrogen-bond acceptors (Lipinski definition) is 3. The van der Waals surface area contributed by atoms with E-state index in [1.807, 2.05) is 30.3 Å². The van der Waals surface area contributed by atoms with E-state index in [4.69, 9.17) is 0 Å². The Bertz CT molecular complexity index is 599. The summed E-state index contributed by atoms with van der Waals surface area (Å²) in [5, 5.41) is 0. The van der Waals surface area contributed by atoms with Gasteiger partial charge >= 0.3 is 5.97 Å². The highest BCUT2D eigenvalue weighted by atomic mass is 32.2. The van der Waals surface area contributed by atoms with Crippen molar-refractivity contribution in [3.05, 3.63) is 65.5 Å². The van der Waals surface area contributed by atoms with E-state index >= 15 is 0 Å². The molecule has 0 N–H and O–H groups in total. The fourth-order valence-electron chi connectivity index (χ4n) is 1.82. The fraction of sp³-hybridized carbons (Fsp3) is 0.188. The molecule has 2 nitrogen and oxygen atoms in total. The van der Waals surface area contributed by atoms with E-state index < -0.39 is 0 Å². The molecule has 0 saturated carbocycles. The van der Waals surface area contributed by atoms with Gasteiger partial charge in [-0.1, -0.05) is 36.4 Å². The van der Waals surface area contributed by atoms with Gasteiger partial charge in [-0.25, -0.2) is 4.39 Å². The largest absolute Gasteiger partial charge is 0.469 e. The van der Waals surface area contributed by atoms with E-state index in [-0.39, 0.29) is 18.2 Å². The Morgan fingerprint density at radius 1 is 1.10 bits per heavy atom. The average molecular weight is 290 g/mol. The predicted molar refractivity (Wildman–Crippen MR) is 78.1 cm³/mol. The molecule has 2 aromatic rings. The van der Waals surface area contributed by atoms with Crippen LogP contribution in [0.15, 0.2) is 53.4 Å². The molecule has 20 heavy (non-hydrogen) atoms. The van der Waals surface area contributed by atoms with Crippen LogP contribution in [-0.4, -0.2) is 13.1 Å². The molecule has 0 fully saturated rings. The van der Waals surface area contributed by atoms with Gasteiger partial charge in [-0.05, 0) is 23.3 Å². The van der Waals surface area contributed by atoms with Gasteiger partial charge in [0.1, 0.15) is 5.82 Å². The monoisotopic (exact) mass is 290 g/mol. The van der Waals surface area contributed by atoms with Crippen molar-refractivity contribution in [2.45, 2.75) is 17.1 Å². The van der Waals surface area contributed by atoms with Gasteiger partial charge < -0.3 is 4.74 Å². The number of rotatable bonds is 5. The van der Waals surface area contributed by atoms with E-state index in [0.29, 0.717) is 10.6 Å². The minimum absolute atomic E-state index is 0.219. The van der Waals surface area contributed by atoms with Crippen LogP contribution >= 0.6 is 11.8 Å². The van der Waals surface area contributed by atoms with Crippen LogP contribution in [-0.2, 0) is 21.7 Å². The molecule has 0 heterocycles. The second-order valence-corrected chi connectivity index (χ2v) is 5.26. The van der Waals surface area contributed by atoms with Gasteiger partial charge in [-0.15, -0.1) is 11.8 Å². The van der Waals surface area contributed by atoms with Crippen LogP contribution in [0, 0.1) is 5.82 Å². The molecule has 0 saturated heterocycles. The van der Waals surface area contributed by atoms with Crippen LogP contribution in [0.4, 0.5) is 4.39 Å². The van der Waals surface area contributed by atoms with Gasteiger partial charge in [0.05, 0.1) is 13.5 Å². The summed E-state index contributed by atoms with van der Waals surface area (Å²) in [5.41, 5.74) is 1.94. The minimum Gasteiger partial charge on any atom is -0.469 e. The molecule has 0 radical (unpaired) electrons. The molecule has 0 aromatic heterocycles. The third kappa shape index (κ3) is 3.84. The maximum atomic E-state index is 13.6. The van der Waals surface area contributed by atoms with Crippen LogP contribution in [0.5, 0.6) is 0 Å². The summed E-state index contributed by atoms with van der Waals surface area (Å²) < 4.78 is 18.2. The Morgan fingerprint density at radius 2 is 1.75 bits per heavy atom. The van der Waals surface area contributed by atoms with E-state index in [1.54, 1.807) is 12.1 Å². The predicted octanol–water partition coefficient (Wildman–Crippen LogP) is 3.83. The summed E-state index contributed by atoms with van der Waals surface area (Å²) >= 11 is 1.42. The lowest BCUT2D eigenvalue weighted by Gasteiger charge is -2.08. The molecule has 0 aliphatic rings. The summed E-state index contributed by atoms with van der Waals surface area (Å²) in [5.74, 6) is 0.130. The zero-order chi connectivity index (χ0) is 14.4. The van der Waals surface area contributed by atoms with Crippen LogP contribution in [0.1, 0.15) is 11.1 Å². The summed E-state index contributed by atoms with van der Waals surface area (Å²) in [6.07, 6.45) is 0.241. The van der Waals surface area contributed by atoms with Gasteiger partial charge in [-0.2, -0.15) is 0 Å². The van der Waals surface area contributed by atoms with Gasteiger partial charge in [0.15, 0.2) is 0 Å². The zero-order valence-electron chi connectivity index (χ0n) is 11.1. The number of thioether (sulfide) groups is 1. The molecule has 0 atom stereocenters. The van der Waals surface area contributed by atoms with E-state index in [9.17, 15) is 9.18 Å². The van der Waals surface area contributed by atoms with Crippen molar-refractivity contribution in [2.75, 3.05) is 7.11 Å². The molecule has 0 aliphatic heterocycles. The van der Waals surface area contributed by atoms with Crippen LogP contribution in [0.25, 0.3) is 0 Å². The fourth-order valence-corrected chi connectivity index (χ4v) is 2.79. The maximum absolute atomic E-state index is 13.6. The quantitative estimate of drug-likeness (QED) is 0.618. The summed E-state index contributed by atoms with van der Waals surface area (Å²) in [4.78, 5) is 12.0. The Kier molecular flexibility index (Phi) is 5.18. The van der Waals surface area contributed by atoms with Crippen molar-refractivity contribution < 1.29 is 13.9 Å². The molecule has 0 spiro atoms. The third-order valence-electron chi connectivity index (χ3n) is 2.90. The van der Waals surface area contributed by atoms with Crippen molar-refractivity contribution in [1.29, 1.82) is 0 Å². The molecule has 0 aliphatic carbocycles. The Labute approximate surface area is 122 Å². The van der Waals surface area contributed by atoms with Crippen molar-refractivity contribution in [2.24, 2.45) is 0 Å². The highest BCUT2D eigenvalue weighted by Gasteiger charge is 2.09. The molecule has 2 rings (SSSR count). The topological polar surface area (TPSA) is 26.3 Å². The number of hydrogen-bond donors (Lipinski definition) is 0. The lowest BCUT2D eigenvalue weighted by Crippen LogP contribution is -2.06. The maximum Gasteiger partial charge on any atom is 0.309 e. The smallest absolute Gasteiger partial charge is 0.309 e. The number of methoxy groups -OCH3 is 1. The van der Waals surface area contributed by atoms with Gasteiger partial charge in [0.2, 0.25) is 0 Å². The van der Waals surface area contributed by atoms with Crippen molar-refractivity contribution in [3.8, 4) is 0 Å². The number of halogens is 1. The summed E-state index contributed by atoms with van der Waals surface area (Å²) in [6, 6.07) is 14.3. The summed E-state index contributed by atoms with van der Waals surface area (Å²) in [6.45, 7) is 0. The first-order valence-electron chi connectivity index (χ1n) is 6.21. The Morgan fingerprint density at radius 3 is 2.45 bits per heavy atom. The number of carbonyl (C=O) groups excluding carboxylic acids is 1. The Hall–Kier alpha value is -1.81. The lowest BCUT2D eigenvalue weighted by atomic mass is 10.1. The molecular formula is C16H15FO2S. The molecule has 0 unspecified atom stereocenters. The highest BCUT2D eigenvalue weighted by molar-refractivity contribution is 7.98. The molecule has 2 aromatic carbocycles. The van der Waals surface area contributed by atoms with Gasteiger partial charge in [0.25, 0.3) is 0 Å². The van der Waals surface area contributed by atoms with Crippen molar-refractivity contribution in [3.63, 3.8) is 0 Å². The molecule has 0 bridgehead atoms. The lowest BCUT2D eigenvalue weighted by molar-refractivity contribution is -0.139. The number of ether oxygens (including phenoxy) is 1. The average Bonchev–Trinajstić information content (AvgIpc) is 2.47. The highest BCUT2D eigenvalue weighted by Crippen LogP contribution is 2.26. The van der Waals surface area contributed by atoms with Gasteiger partial charge in [-0.3, -0.25) is 4.79 Å². The van der Waals surface area contributed by atoms with E-state index in [0.717, 1.165) is 11.1 Å². The zero-order valence-corrected chi connectivity index (χ0v) is 12.0. The van der Waals surface area contributed by atoms with Crippen LogP contribution < -0.4 is 0 Å². The first-order valence-corrected chi connectivity index (χ1v) is 7.20. The minimum atomic E-state index is -0.270. The number of benzene rings is 2. The molecule has 104 valence electrons. The second-order valence-electron chi connectivity index (χ2n) is 4.24. The standard InChI is InChI=1S/C16H15FO2S/c1-19-16(18)10-12-6-2-3-7-13(12)11-20-15-9-5-4-8-14(15)17/h2-9H,10-11H2,1H3. The normalized spacial score (nSPS) is 10.3. The SMILES string of the molecule is COC(=O)Cc1ccccc1CSc1ccccc1F. The molecule has 0 amide bonds. The second kappa shape index (κ2) is 7.10. The number of carbonyl (C=O) groups is 1. The summed E-state index contributed by atoms with van der Waals surface area (Å²) in [7, 11) is 1.37. The van der Waals surface area contributed by atoms with E-state index in [2.05, 4.69) is 4.74 Å². The number of esters is 1. The Balaban J connectivity index is 2.10. The van der Waals surface area contributed by atoms with Crippen molar-refractivity contribution in [1.82, 2.24) is 0 Å². The third-order valence-corrected chi connectivity index (χ3v) is 4.00. The molecular weight excluding hydrogens is 275 g/mol. The van der Waals surface area contributed by atoms with Crippen LogP contribution in [0.2, 0.25) is 0 Å². The van der Waals surface area contributed by atoms with Crippen LogP contribution in [0.3, 0.4) is 0 Å². The van der Waals surface area contributed by atoms with Crippen molar-refractivity contribution >= 4 is 17.7 Å².